The maximum atomic E-state index is 13.4. The van der Waals surface area contributed by atoms with E-state index in [1.807, 2.05) is 0 Å². The summed E-state index contributed by atoms with van der Waals surface area (Å²) in [6.45, 7) is 5.32. The third-order valence-electron chi connectivity index (χ3n) is 9.60. The number of hydrogen-bond donors (Lipinski definition) is 4. The molecule has 5 rings (SSSR count). The molecule has 5 aromatic rings. The van der Waals surface area contributed by atoms with Crippen LogP contribution in [0.1, 0.15) is 56.8 Å². The molecule has 0 aliphatic rings. The van der Waals surface area contributed by atoms with E-state index in [2.05, 4.69) is 41.7 Å². The quantitative estimate of drug-likeness (QED) is 0.0484. The molecule has 0 spiro atoms. The van der Waals surface area contributed by atoms with Crippen LogP contribution in [0.2, 0.25) is 20.1 Å². The molecule has 0 fully saturated rings. The lowest BCUT2D eigenvalue weighted by Gasteiger charge is -2.17. The first kappa shape index (κ1) is 52.2. The van der Waals surface area contributed by atoms with E-state index in [1.54, 1.807) is 13.8 Å². The summed E-state index contributed by atoms with van der Waals surface area (Å²) >= 11 is 23.7. The van der Waals surface area contributed by atoms with Crippen LogP contribution < -0.4 is 21.3 Å². The van der Waals surface area contributed by atoms with Crippen LogP contribution in [0.3, 0.4) is 0 Å². The number of anilines is 4. The lowest BCUT2D eigenvalue weighted by atomic mass is 10.0. The highest BCUT2D eigenvalue weighted by Gasteiger charge is 2.35. The Labute approximate surface area is 401 Å². The molecule has 4 N–H and O–H groups in total. The molecule has 0 aromatic heterocycles. The lowest BCUT2D eigenvalue weighted by Crippen LogP contribution is -2.33. The number of halogens is 10. The van der Waals surface area contributed by atoms with Crippen molar-refractivity contribution in [1.29, 1.82) is 0 Å². The highest BCUT2D eigenvalue weighted by atomic mass is 35.5. The van der Waals surface area contributed by atoms with Crippen LogP contribution >= 0.6 is 46.4 Å². The molecule has 0 aliphatic carbocycles. The minimum atomic E-state index is -4.80. The van der Waals surface area contributed by atoms with Crippen LogP contribution in [0.5, 0.6) is 0 Å². The van der Waals surface area contributed by atoms with E-state index in [1.165, 1.54) is 36.4 Å². The summed E-state index contributed by atoms with van der Waals surface area (Å²) in [6, 6.07) is 12.3. The molecular formula is C44H32Cl4F6N8O6. The number of Topliss-reactive ketones (excluding diaryl/α,β-unsaturated/α-hetero) is 2. The van der Waals surface area contributed by atoms with Crippen LogP contribution in [-0.4, -0.2) is 47.3 Å². The molecule has 4 amide bonds. The minimum Gasteiger partial charge on any atom is -0.324 e. The molecule has 14 nitrogen and oxygen atoms in total. The monoisotopic (exact) mass is 1020 g/mol. The molecule has 0 aliphatic heterocycles. The third-order valence-corrected chi connectivity index (χ3v) is 10.9. The number of benzene rings is 5. The van der Waals surface area contributed by atoms with E-state index in [0.717, 1.165) is 50.2 Å². The Morgan fingerprint density at radius 3 is 1.15 bits per heavy atom. The predicted molar refractivity (Wildman–Crippen MR) is 243 cm³/mol. The number of alkyl halides is 6. The Kier molecular flexibility index (Phi) is 16.5. The van der Waals surface area contributed by atoms with Gasteiger partial charge in [-0.2, -0.15) is 46.8 Å². The number of rotatable bonds is 14. The number of nitrogens with one attached hydrogen (secondary N) is 4. The summed E-state index contributed by atoms with van der Waals surface area (Å²) in [6.07, 6.45) is -9.59. The van der Waals surface area contributed by atoms with Crippen molar-refractivity contribution >= 4 is 116 Å². The van der Waals surface area contributed by atoms with Crippen molar-refractivity contribution in [1.82, 2.24) is 0 Å². The van der Waals surface area contributed by atoms with Gasteiger partial charge in [0, 0.05) is 22.7 Å². The van der Waals surface area contributed by atoms with Gasteiger partial charge >= 0.3 is 12.4 Å². The molecule has 0 heterocycles. The predicted octanol–water partition coefficient (Wildman–Crippen LogP) is 12.8. The largest absolute Gasteiger partial charge is 0.417 e. The maximum absolute atomic E-state index is 13.4. The van der Waals surface area contributed by atoms with Crippen LogP contribution in [0, 0.1) is 13.8 Å². The van der Waals surface area contributed by atoms with E-state index >= 15 is 0 Å². The Morgan fingerprint density at radius 1 is 0.485 bits per heavy atom. The molecule has 0 bridgehead atoms. The van der Waals surface area contributed by atoms with Gasteiger partial charge in [0.2, 0.25) is 12.1 Å². The van der Waals surface area contributed by atoms with E-state index in [4.69, 9.17) is 46.4 Å². The second-order valence-electron chi connectivity index (χ2n) is 14.5. The average Bonchev–Trinajstić information content (AvgIpc) is 3.25. The van der Waals surface area contributed by atoms with Gasteiger partial charge in [-0.1, -0.05) is 46.4 Å². The van der Waals surface area contributed by atoms with Gasteiger partial charge in [-0.15, -0.1) is 0 Å². The second-order valence-corrected chi connectivity index (χ2v) is 16.1. The summed E-state index contributed by atoms with van der Waals surface area (Å²) in [7, 11) is 0. The summed E-state index contributed by atoms with van der Waals surface area (Å²) in [5, 5.41) is 23.9. The van der Waals surface area contributed by atoms with E-state index in [9.17, 15) is 55.1 Å². The fraction of sp³-hybridized carbons (Fsp3) is 0.182. The number of carbonyl (C=O) groups excluding carboxylic acids is 6. The topological polar surface area (TPSA) is 200 Å². The number of hydrogen-bond acceptors (Lipinski definition) is 10. The Morgan fingerprint density at radius 2 is 0.824 bits per heavy atom. The van der Waals surface area contributed by atoms with Gasteiger partial charge in [0.1, 0.15) is 0 Å². The van der Waals surface area contributed by atoms with Crippen molar-refractivity contribution in [2.75, 3.05) is 21.3 Å². The lowest BCUT2D eigenvalue weighted by molar-refractivity contribution is -0.138. The molecule has 68 heavy (non-hydrogen) atoms. The van der Waals surface area contributed by atoms with E-state index < -0.39 is 80.8 Å². The Hall–Kier alpha value is -6.74. The second kappa shape index (κ2) is 21.5. The number of azo groups is 2. The smallest absolute Gasteiger partial charge is 0.324 e. The van der Waals surface area contributed by atoms with Gasteiger partial charge in [0.25, 0.3) is 23.6 Å². The van der Waals surface area contributed by atoms with Crippen LogP contribution in [-0.2, 0) is 31.5 Å². The Bertz CT molecular complexity index is 2740. The highest BCUT2D eigenvalue weighted by Crippen LogP contribution is 2.38. The maximum Gasteiger partial charge on any atom is 0.417 e. The first-order chi connectivity index (χ1) is 31.7. The minimum absolute atomic E-state index is 0.0506. The summed E-state index contributed by atoms with van der Waals surface area (Å²) in [5.41, 5.74) is -2.18. The van der Waals surface area contributed by atoms with E-state index in [0.29, 0.717) is 23.3 Å². The molecule has 354 valence electrons. The standard InChI is InChI=1S/C44H32Cl4F6N8O6/c1-19-20(2)36(58-42(68)38(22(4)64)62-60-26-8-10-32(46)28(16-26)40(66)56-24-6-12-34(48)30(18-24)44(52,53)54)14-13-35(19)57-41(67)37(21(3)63)61-59-25-7-9-31(45)27(15-25)39(65)55-23-5-11-33(47)29(17-23)43(49,50)51/h5-18,37-38H,1-4H3,(H,55,65)(H,56,66)(H,57,67)(H,58,68). The van der Waals surface area contributed by atoms with Crippen molar-refractivity contribution in [3.05, 3.63) is 138 Å². The van der Waals surface area contributed by atoms with E-state index in [-0.39, 0.29) is 55.3 Å². The fourth-order valence-corrected chi connectivity index (χ4v) is 6.77. The highest BCUT2D eigenvalue weighted by molar-refractivity contribution is 6.35. The van der Waals surface area contributed by atoms with Crippen LogP contribution in [0.15, 0.2) is 105 Å². The summed E-state index contributed by atoms with van der Waals surface area (Å²) in [5.74, 6) is -5.14. The first-order valence-electron chi connectivity index (χ1n) is 19.2. The zero-order valence-electron chi connectivity index (χ0n) is 35.3. The van der Waals surface area contributed by atoms with Crippen LogP contribution in [0.25, 0.3) is 0 Å². The van der Waals surface area contributed by atoms with Crippen molar-refractivity contribution in [2.45, 2.75) is 52.1 Å². The van der Waals surface area contributed by atoms with Gasteiger partial charge in [0.05, 0.1) is 53.7 Å². The fourth-order valence-electron chi connectivity index (χ4n) is 5.92. The van der Waals surface area contributed by atoms with Gasteiger partial charge < -0.3 is 21.3 Å². The molecular weight excluding hydrogens is 992 g/mol. The number of nitrogens with zero attached hydrogens (tertiary/aromatic N) is 4. The normalized spacial score (nSPS) is 12.7. The Balaban J connectivity index is 1.26. The molecule has 0 radical (unpaired) electrons. The van der Waals surface area contributed by atoms with Gasteiger partial charge in [-0.25, -0.2) is 0 Å². The van der Waals surface area contributed by atoms with Gasteiger partial charge in [0.15, 0.2) is 11.6 Å². The molecule has 24 heteroatoms. The molecule has 2 atom stereocenters. The van der Waals surface area contributed by atoms with Crippen molar-refractivity contribution in [2.24, 2.45) is 20.5 Å². The molecule has 2 unspecified atom stereocenters. The summed E-state index contributed by atoms with van der Waals surface area (Å²) in [4.78, 5) is 77.9. The SMILES string of the molecule is CC(=O)C(N=Nc1ccc(Cl)c(C(=O)Nc2ccc(Cl)c(C(F)(F)F)c2)c1)C(=O)Nc1ccc(NC(=O)C(N=Nc2ccc(Cl)c(C(=O)Nc3ccc(Cl)c(C(F)(F)F)c3)c2)C(C)=O)c(C)c1C. The van der Waals surface area contributed by atoms with Crippen LogP contribution in [0.4, 0.5) is 60.5 Å². The van der Waals surface area contributed by atoms with Crippen molar-refractivity contribution in [3.8, 4) is 0 Å². The number of amides is 4. The third kappa shape index (κ3) is 13.0. The van der Waals surface area contributed by atoms with Gasteiger partial charge in [-0.3, -0.25) is 28.8 Å². The molecule has 5 aromatic carbocycles. The zero-order chi connectivity index (χ0) is 50.4. The number of ketones is 2. The summed E-state index contributed by atoms with van der Waals surface area (Å²) < 4.78 is 80.1. The van der Waals surface area contributed by atoms with Crippen molar-refractivity contribution in [3.63, 3.8) is 0 Å². The zero-order valence-corrected chi connectivity index (χ0v) is 38.3. The average molecular weight is 1020 g/mol. The first-order valence-corrected chi connectivity index (χ1v) is 20.8. The van der Waals surface area contributed by atoms with Gasteiger partial charge in [-0.05, 0) is 124 Å². The molecule has 0 saturated heterocycles. The molecule has 0 saturated carbocycles. The number of carbonyl (C=O) groups is 6. The van der Waals surface area contributed by atoms with Crippen molar-refractivity contribution < 1.29 is 55.1 Å².